The van der Waals surface area contributed by atoms with Gasteiger partial charge >= 0.3 is 6.09 Å². The fourth-order valence-electron chi connectivity index (χ4n) is 5.53. The number of ether oxygens (including phenoxy) is 1. The van der Waals surface area contributed by atoms with Crippen LogP contribution in [0.2, 0.25) is 5.15 Å². The highest BCUT2D eigenvalue weighted by atomic mass is 35.5. The summed E-state index contributed by atoms with van der Waals surface area (Å²) in [6, 6.07) is 11.0. The predicted molar refractivity (Wildman–Crippen MR) is 163 cm³/mol. The normalized spacial score (nSPS) is 22.9. The van der Waals surface area contributed by atoms with Crippen molar-refractivity contribution in [3.8, 4) is 6.07 Å². The monoisotopic (exact) mass is 666 g/mol. The van der Waals surface area contributed by atoms with Gasteiger partial charge in [0.25, 0.3) is 12.0 Å². The molecule has 1 unspecified atom stereocenters. The number of piperazine rings is 1. The number of aliphatic hydroxyl groups excluding tert-OH is 1. The molecule has 5 rings (SSSR count). The van der Waals surface area contributed by atoms with E-state index in [9.17, 15) is 23.1 Å². The van der Waals surface area contributed by atoms with Crippen molar-refractivity contribution in [1.82, 2.24) is 9.29 Å². The van der Waals surface area contributed by atoms with Gasteiger partial charge < -0.3 is 19.6 Å². The van der Waals surface area contributed by atoms with E-state index in [0.29, 0.717) is 5.69 Å². The van der Waals surface area contributed by atoms with Crippen LogP contribution in [-0.2, 0) is 25.5 Å². The minimum absolute atomic E-state index is 0.0118. The quantitative estimate of drug-likeness (QED) is 0.439. The third kappa shape index (κ3) is 7.38. The molecule has 1 aromatic heterocycles. The average Bonchev–Trinajstić information content (AvgIpc) is 3.33. The first-order valence-corrected chi connectivity index (χ1v) is 16.4. The Morgan fingerprint density at radius 3 is 2.36 bits per heavy atom. The number of alkyl halides is 2. The molecule has 11 nitrogen and oxygen atoms in total. The number of carbonyl (C=O) groups excluding carboxylic acids is 2. The van der Waals surface area contributed by atoms with Crippen molar-refractivity contribution in [2.75, 3.05) is 42.5 Å². The summed E-state index contributed by atoms with van der Waals surface area (Å²) >= 11 is 6.10. The van der Waals surface area contributed by atoms with E-state index in [1.165, 1.54) is 27.4 Å². The highest BCUT2D eigenvalue weighted by molar-refractivity contribution is 7.89. The van der Waals surface area contributed by atoms with Gasteiger partial charge in [0.15, 0.2) is 0 Å². The van der Waals surface area contributed by atoms with Gasteiger partial charge in [0.1, 0.15) is 22.5 Å². The molecule has 2 aromatic rings. The van der Waals surface area contributed by atoms with Gasteiger partial charge in [-0.3, -0.25) is 4.79 Å². The summed E-state index contributed by atoms with van der Waals surface area (Å²) in [6.07, 6.45) is -1.39. The largest absolute Gasteiger partial charge is 0.728 e. The lowest BCUT2D eigenvalue weighted by Gasteiger charge is -2.38. The first-order valence-electron chi connectivity index (χ1n) is 14.6. The molecule has 1 N–H and O–H groups in total. The molecule has 2 saturated heterocycles. The van der Waals surface area contributed by atoms with Crippen LogP contribution < -0.4 is 9.80 Å². The number of benzene rings is 1. The number of rotatable bonds is 6. The van der Waals surface area contributed by atoms with Crippen molar-refractivity contribution in [3.63, 3.8) is 0 Å². The van der Waals surface area contributed by atoms with E-state index in [4.69, 9.17) is 16.3 Å². The Hall–Kier alpha value is -3.38. The Bertz CT molecular complexity index is 1630. The number of aliphatic hydroxyl groups is 1. The number of anilines is 2. The van der Waals surface area contributed by atoms with Crippen molar-refractivity contribution in [2.24, 2.45) is 11.8 Å². The Balaban J connectivity index is 1.20. The van der Waals surface area contributed by atoms with E-state index in [-0.39, 0.29) is 79.3 Å². The summed E-state index contributed by atoms with van der Waals surface area (Å²) < 4.78 is 63.3. The molecule has 45 heavy (non-hydrogen) atoms. The number of amides is 2. The van der Waals surface area contributed by atoms with Gasteiger partial charge in [0.05, 0.1) is 15.8 Å². The number of hydrogen-bond donors (Lipinski definition) is 1. The van der Waals surface area contributed by atoms with Crippen LogP contribution >= 0.6 is 11.6 Å². The number of aromatic nitrogens is 1. The van der Waals surface area contributed by atoms with Crippen molar-refractivity contribution >= 4 is 45.1 Å². The number of nitrogens with zero attached hydrogens (tertiary/aromatic N) is 5. The Kier molecular flexibility index (Phi) is 9.12. The molecule has 1 saturated carbocycles. The SMILES string of the molecule is CC(C)(C)OC(=O)[N+]#CC1CC(=O)N(c2ccc(S(=O)(=O)N3CCN(c4cc(C(F)(F)C5CC(O)C5)cc(Cl)n4)CC3)cc2)C1. The molecular weight excluding hydrogens is 632 g/mol. The molecule has 1 atom stereocenters. The number of halogens is 3. The third-order valence-electron chi connectivity index (χ3n) is 8.00. The minimum atomic E-state index is -3.88. The second-order valence-corrected chi connectivity index (χ2v) is 14.8. The second-order valence-electron chi connectivity index (χ2n) is 12.5. The molecule has 2 aliphatic heterocycles. The van der Waals surface area contributed by atoms with Crippen molar-refractivity contribution in [3.05, 3.63) is 52.0 Å². The molecule has 0 radical (unpaired) electrons. The van der Waals surface area contributed by atoms with Gasteiger partial charge in [-0.1, -0.05) is 11.6 Å². The van der Waals surface area contributed by atoms with Gasteiger partial charge in [-0.25, -0.2) is 22.2 Å². The molecular formula is C30H35ClF2N5O6S+. The molecule has 0 bridgehead atoms. The number of pyridine rings is 1. The van der Waals surface area contributed by atoms with E-state index in [0.717, 1.165) is 6.07 Å². The lowest BCUT2D eigenvalue weighted by atomic mass is 9.76. The summed E-state index contributed by atoms with van der Waals surface area (Å²) in [5, 5.41) is 9.40. The van der Waals surface area contributed by atoms with Gasteiger partial charge in [-0.05, 0) is 70.0 Å². The maximum absolute atomic E-state index is 15.0. The smallest absolute Gasteiger partial charge is 0.393 e. The van der Waals surface area contributed by atoms with Crippen molar-refractivity contribution < 1.29 is 36.6 Å². The van der Waals surface area contributed by atoms with Crippen LogP contribution in [0, 0.1) is 17.9 Å². The van der Waals surface area contributed by atoms with Crippen LogP contribution in [0.4, 0.5) is 25.1 Å². The van der Waals surface area contributed by atoms with E-state index in [1.807, 2.05) is 0 Å². The molecule has 2 amide bonds. The molecule has 3 heterocycles. The highest BCUT2D eigenvalue weighted by Crippen LogP contribution is 2.47. The summed E-state index contributed by atoms with van der Waals surface area (Å²) in [6.45, 7) is 5.99. The van der Waals surface area contributed by atoms with Crippen molar-refractivity contribution in [2.45, 2.75) is 62.6 Å². The maximum Gasteiger partial charge on any atom is 0.728 e. The van der Waals surface area contributed by atoms with E-state index in [2.05, 4.69) is 15.9 Å². The van der Waals surface area contributed by atoms with E-state index >= 15 is 8.78 Å². The average molecular weight is 667 g/mol. The number of carbonyl (C=O) groups is 2. The summed E-state index contributed by atoms with van der Waals surface area (Å²) in [5.74, 6) is -4.55. The van der Waals surface area contributed by atoms with Crippen molar-refractivity contribution in [1.29, 1.82) is 0 Å². The maximum atomic E-state index is 15.0. The molecule has 3 fully saturated rings. The van der Waals surface area contributed by atoms with E-state index < -0.39 is 45.6 Å². The van der Waals surface area contributed by atoms with Gasteiger partial charge in [-0.2, -0.15) is 9.10 Å². The van der Waals surface area contributed by atoms with Gasteiger partial charge in [0.2, 0.25) is 15.9 Å². The predicted octanol–water partition coefficient (Wildman–Crippen LogP) is 4.73. The van der Waals surface area contributed by atoms with Gasteiger partial charge in [0, 0.05) is 56.3 Å². The molecule has 0 spiro atoms. The molecule has 15 heteroatoms. The lowest BCUT2D eigenvalue weighted by molar-refractivity contribution is -0.132. The molecule has 242 valence electrons. The first kappa shape index (κ1) is 33.0. The van der Waals surface area contributed by atoms with Crippen LogP contribution in [0.1, 0.15) is 45.6 Å². The van der Waals surface area contributed by atoms with Crippen LogP contribution in [0.3, 0.4) is 0 Å². The number of sulfonamides is 1. The zero-order valence-corrected chi connectivity index (χ0v) is 26.7. The lowest BCUT2D eigenvalue weighted by Crippen LogP contribution is -2.49. The highest BCUT2D eigenvalue weighted by Gasteiger charge is 2.48. The molecule has 3 aliphatic rings. The van der Waals surface area contributed by atoms with Crippen LogP contribution in [0.25, 0.3) is 4.85 Å². The van der Waals surface area contributed by atoms with Crippen LogP contribution in [-0.4, -0.2) is 79.2 Å². The minimum Gasteiger partial charge on any atom is -0.393 e. The Morgan fingerprint density at radius 2 is 1.76 bits per heavy atom. The molecule has 1 aromatic carbocycles. The van der Waals surface area contributed by atoms with Crippen LogP contribution in [0.15, 0.2) is 41.3 Å². The fraction of sp³-hybridized carbons (Fsp3) is 0.533. The summed E-state index contributed by atoms with van der Waals surface area (Å²) in [4.78, 5) is 35.6. The third-order valence-corrected chi connectivity index (χ3v) is 10.1. The fourth-order valence-corrected chi connectivity index (χ4v) is 7.16. The topological polar surface area (TPSA) is 125 Å². The first-order chi connectivity index (χ1) is 21.0. The second kappa shape index (κ2) is 12.4. The Morgan fingerprint density at radius 1 is 1.11 bits per heavy atom. The number of hydrogen-bond acceptors (Lipinski definition) is 8. The zero-order chi connectivity index (χ0) is 32.7. The summed E-state index contributed by atoms with van der Waals surface area (Å²) in [7, 11) is -3.88. The van der Waals surface area contributed by atoms with Crippen LogP contribution in [0.5, 0.6) is 0 Å². The zero-order valence-electron chi connectivity index (χ0n) is 25.1. The standard InChI is InChI=1S/C30H35ClF2N5O6S/c1-29(2,3)44-28(41)34-17-19-12-27(40)38(18-19)22-4-6-24(7-5-22)45(42,43)37-10-8-36(9-11-37)26-16-21(15-25(31)35-26)30(32,33)20-13-23(39)14-20/h4-7,15-16,19-20,23,39H,8-14,18H2,1-3H3/q+1. The van der Waals surface area contributed by atoms with Gasteiger partial charge in [-0.15, -0.1) is 0 Å². The van der Waals surface area contributed by atoms with E-state index in [1.54, 1.807) is 37.8 Å². The Labute approximate surface area is 265 Å². The molecule has 1 aliphatic carbocycles. The summed E-state index contributed by atoms with van der Waals surface area (Å²) in [5.41, 5.74) is -0.476.